The highest BCUT2D eigenvalue weighted by Crippen LogP contribution is 2.26. The van der Waals surface area contributed by atoms with E-state index in [1.165, 1.54) is 24.3 Å². The molecule has 2 aromatic heterocycles. The minimum atomic E-state index is -0.480. The van der Waals surface area contributed by atoms with Gasteiger partial charge in [-0.2, -0.15) is 5.10 Å². The molecule has 0 radical (unpaired) electrons. The van der Waals surface area contributed by atoms with Crippen LogP contribution < -0.4 is 5.32 Å². The van der Waals surface area contributed by atoms with Crippen LogP contribution in [-0.4, -0.2) is 25.6 Å². The molecule has 0 spiro atoms. The second-order valence-corrected chi connectivity index (χ2v) is 6.42. The standard InChI is InChI=1S/C18H19N5O3/c1-10(2)15-9-14(16-11(3)21-22(4)17(16)20-15)18(24)19-12-5-7-13(8-6-12)23(25)26/h5-10H,1-4H3,(H,19,24). The van der Waals surface area contributed by atoms with Crippen molar-refractivity contribution in [3.8, 4) is 0 Å². The third-order valence-corrected chi connectivity index (χ3v) is 4.16. The van der Waals surface area contributed by atoms with Gasteiger partial charge in [-0.15, -0.1) is 0 Å². The van der Waals surface area contributed by atoms with E-state index in [2.05, 4.69) is 15.4 Å². The summed E-state index contributed by atoms with van der Waals surface area (Å²) in [6.45, 7) is 5.85. The van der Waals surface area contributed by atoms with Crippen LogP contribution in [-0.2, 0) is 7.05 Å². The summed E-state index contributed by atoms with van der Waals surface area (Å²) in [7, 11) is 1.80. The number of benzene rings is 1. The molecular formula is C18H19N5O3. The molecule has 3 rings (SSSR count). The Morgan fingerprint density at radius 1 is 1.27 bits per heavy atom. The van der Waals surface area contributed by atoms with Gasteiger partial charge in [0.25, 0.3) is 11.6 Å². The molecule has 134 valence electrons. The number of pyridine rings is 1. The summed E-state index contributed by atoms with van der Waals surface area (Å²) in [6, 6.07) is 7.50. The third kappa shape index (κ3) is 3.13. The molecule has 0 fully saturated rings. The molecule has 0 bridgehead atoms. The van der Waals surface area contributed by atoms with Crippen LogP contribution in [0, 0.1) is 17.0 Å². The lowest BCUT2D eigenvalue weighted by molar-refractivity contribution is -0.384. The molecule has 8 nitrogen and oxygen atoms in total. The van der Waals surface area contributed by atoms with Crippen molar-refractivity contribution >= 4 is 28.3 Å². The Kier molecular flexibility index (Phi) is 4.41. The van der Waals surface area contributed by atoms with Gasteiger partial charge in [0.1, 0.15) is 0 Å². The molecule has 0 atom stereocenters. The molecule has 0 aliphatic carbocycles. The van der Waals surface area contributed by atoms with Crippen LogP contribution in [0.4, 0.5) is 11.4 Å². The Bertz CT molecular complexity index is 1010. The number of non-ortho nitro benzene ring substituents is 1. The van der Waals surface area contributed by atoms with Gasteiger partial charge in [0.05, 0.1) is 21.6 Å². The van der Waals surface area contributed by atoms with Crippen molar-refractivity contribution in [1.29, 1.82) is 0 Å². The molecule has 26 heavy (non-hydrogen) atoms. The molecule has 2 heterocycles. The van der Waals surface area contributed by atoms with Crippen molar-refractivity contribution in [2.24, 2.45) is 7.05 Å². The van der Waals surface area contributed by atoms with Crippen molar-refractivity contribution in [2.75, 3.05) is 5.32 Å². The molecule has 0 aliphatic heterocycles. The van der Waals surface area contributed by atoms with E-state index in [1.54, 1.807) is 17.8 Å². The van der Waals surface area contributed by atoms with E-state index in [9.17, 15) is 14.9 Å². The number of hydrogen-bond acceptors (Lipinski definition) is 5. The fourth-order valence-electron chi connectivity index (χ4n) is 2.80. The molecule has 8 heteroatoms. The Morgan fingerprint density at radius 3 is 2.50 bits per heavy atom. The van der Waals surface area contributed by atoms with E-state index in [0.29, 0.717) is 22.3 Å². The molecule has 1 aromatic carbocycles. The highest BCUT2D eigenvalue weighted by Gasteiger charge is 2.20. The Morgan fingerprint density at radius 2 is 1.92 bits per heavy atom. The van der Waals surface area contributed by atoms with Crippen LogP contribution in [0.25, 0.3) is 11.0 Å². The van der Waals surface area contributed by atoms with Gasteiger partial charge in [0.15, 0.2) is 5.65 Å². The number of amides is 1. The molecule has 0 saturated heterocycles. The van der Waals surface area contributed by atoms with Gasteiger partial charge in [-0.25, -0.2) is 4.98 Å². The number of carbonyl (C=O) groups excluding carboxylic acids is 1. The number of nitro benzene ring substituents is 1. The van der Waals surface area contributed by atoms with Crippen LogP contribution in [0.5, 0.6) is 0 Å². The van der Waals surface area contributed by atoms with Crippen LogP contribution in [0.2, 0.25) is 0 Å². The van der Waals surface area contributed by atoms with Gasteiger partial charge in [0, 0.05) is 30.6 Å². The normalized spacial score (nSPS) is 11.1. The third-order valence-electron chi connectivity index (χ3n) is 4.16. The Hall–Kier alpha value is -3.29. The van der Waals surface area contributed by atoms with Crippen LogP contribution >= 0.6 is 0 Å². The predicted octanol–water partition coefficient (Wildman–Crippen LogP) is 3.56. The van der Waals surface area contributed by atoms with Crippen molar-refractivity contribution in [3.63, 3.8) is 0 Å². The first-order valence-electron chi connectivity index (χ1n) is 8.18. The molecule has 0 aliphatic rings. The maximum absolute atomic E-state index is 12.9. The van der Waals surface area contributed by atoms with Gasteiger partial charge >= 0.3 is 0 Å². The predicted molar refractivity (Wildman–Crippen MR) is 98.4 cm³/mol. The largest absolute Gasteiger partial charge is 0.322 e. The zero-order chi connectivity index (χ0) is 19.0. The number of aromatic nitrogens is 3. The minimum absolute atomic E-state index is 0.0282. The van der Waals surface area contributed by atoms with Gasteiger partial charge in [-0.05, 0) is 31.0 Å². The summed E-state index contributed by atoms with van der Waals surface area (Å²) in [5.41, 5.74) is 3.12. The second kappa shape index (κ2) is 6.55. The summed E-state index contributed by atoms with van der Waals surface area (Å²) in [6.07, 6.45) is 0. The highest BCUT2D eigenvalue weighted by atomic mass is 16.6. The van der Waals surface area contributed by atoms with Gasteiger partial charge < -0.3 is 5.32 Å². The number of anilines is 1. The molecule has 0 saturated carbocycles. The Balaban J connectivity index is 2.03. The first-order valence-corrected chi connectivity index (χ1v) is 8.18. The number of nitrogens with one attached hydrogen (secondary N) is 1. The first kappa shape index (κ1) is 17.5. The van der Waals surface area contributed by atoms with E-state index < -0.39 is 4.92 Å². The monoisotopic (exact) mass is 353 g/mol. The lowest BCUT2D eigenvalue weighted by Gasteiger charge is -2.11. The van der Waals surface area contributed by atoms with Crippen LogP contribution in [0.1, 0.15) is 41.5 Å². The zero-order valence-electron chi connectivity index (χ0n) is 15.0. The van der Waals surface area contributed by atoms with E-state index in [4.69, 9.17) is 0 Å². The Labute approximate surface area is 150 Å². The number of nitro groups is 1. The van der Waals surface area contributed by atoms with E-state index in [-0.39, 0.29) is 17.5 Å². The minimum Gasteiger partial charge on any atom is -0.322 e. The van der Waals surface area contributed by atoms with Gasteiger partial charge in [-0.1, -0.05) is 13.8 Å². The molecule has 3 aromatic rings. The maximum atomic E-state index is 12.9. The van der Waals surface area contributed by atoms with Crippen molar-refractivity contribution in [1.82, 2.24) is 14.8 Å². The SMILES string of the molecule is Cc1nn(C)c2nc(C(C)C)cc(C(=O)Nc3ccc([N+](=O)[O-])cc3)c12. The lowest BCUT2D eigenvalue weighted by atomic mass is 10.0. The average Bonchev–Trinajstić information content (AvgIpc) is 2.88. The average molecular weight is 353 g/mol. The molecular weight excluding hydrogens is 334 g/mol. The first-order chi connectivity index (χ1) is 12.3. The fourth-order valence-corrected chi connectivity index (χ4v) is 2.80. The van der Waals surface area contributed by atoms with Crippen molar-refractivity contribution < 1.29 is 9.72 Å². The maximum Gasteiger partial charge on any atom is 0.269 e. The molecule has 1 amide bonds. The summed E-state index contributed by atoms with van der Waals surface area (Å²) in [4.78, 5) is 27.8. The summed E-state index contributed by atoms with van der Waals surface area (Å²) >= 11 is 0. The lowest BCUT2D eigenvalue weighted by Crippen LogP contribution is -2.14. The highest BCUT2D eigenvalue weighted by molar-refractivity contribution is 6.12. The number of carbonyl (C=O) groups is 1. The fraction of sp³-hybridized carbons (Fsp3) is 0.278. The number of nitrogens with zero attached hydrogens (tertiary/aromatic N) is 4. The summed E-state index contributed by atoms with van der Waals surface area (Å²) < 4.78 is 1.67. The molecule has 0 unspecified atom stereocenters. The second-order valence-electron chi connectivity index (χ2n) is 6.42. The molecule has 1 N–H and O–H groups in total. The smallest absolute Gasteiger partial charge is 0.269 e. The number of rotatable bonds is 4. The number of aryl methyl sites for hydroxylation is 2. The van der Waals surface area contributed by atoms with Gasteiger partial charge in [-0.3, -0.25) is 19.6 Å². The van der Waals surface area contributed by atoms with E-state index >= 15 is 0 Å². The van der Waals surface area contributed by atoms with E-state index in [0.717, 1.165) is 11.4 Å². The zero-order valence-corrected chi connectivity index (χ0v) is 15.0. The summed E-state index contributed by atoms with van der Waals surface area (Å²) in [5, 5.41) is 18.6. The van der Waals surface area contributed by atoms with Gasteiger partial charge in [0.2, 0.25) is 0 Å². The number of hydrogen-bond donors (Lipinski definition) is 1. The van der Waals surface area contributed by atoms with E-state index in [1.807, 2.05) is 20.8 Å². The topological polar surface area (TPSA) is 103 Å². The number of fused-ring (bicyclic) bond motifs is 1. The van der Waals surface area contributed by atoms with Crippen molar-refractivity contribution in [3.05, 3.63) is 57.4 Å². The van der Waals surface area contributed by atoms with Crippen LogP contribution in [0.3, 0.4) is 0 Å². The van der Waals surface area contributed by atoms with Crippen LogP contribution in [0.15, 0.2) is 30.3 Å². The van der Waals surface area contributed by atoms with Crippen molar-refractivity contribution in [2.45, 2.75) is 26.7 Å². The quantitative estimate of drug-likeness (QED) is 0.570. The summed E-state index contributed by atoms with van der Waals surface area (Å²) in [5.74, 6) is -0.148.